The quantitative estimate of drug-likeness (QED) is 0.355. The highest BCUT2D eigenvalue weighted by Crippen LogP contribution is 2.30. The molecule has 0 radical (unpaired) electrons. The number of nitro groups is 1. The van der Waals surface area contributed by atoms with Crippen LogP contribution in [-0.4, -0.2) is 4.92 Å². The minimum Gasteiger partial charge on any atom is -0.488 e. The van der Waals surface area contributed by atoms with E-state index in [1.165, 1.54) is 12.1 Å². The van der Waals surface area contributed by atoms with Crippen molar-refractivity contribution in [3.63, 3.8) is 0 Å². The van der Waals surface area contributed by atoms with Gasteiger partial charge in [-0.15, -0.1) is 0 Å². The van der Waals surface area contributed by atoms with Gasteiger partial charge in [0, 0.05) is 38.1 Å². The van der Waals surface area contributed by atoms with Gasteiger partial charge in [0.15, 0.2) is 0 Å². The highest BCUT2D eigenvalue weighted by atomic mass is 79.9. The lowest BCUT2D eigenvalue weighted by Crippen LogP contribution is -2.00. The number of nitro benzene ring substituents is 1. The summed E-state index contributed by atoms with van der Waals surface area (Å²) in [6.45, 7) is 0.291. The Morgan fingerprint density at radius 1 is 1.29 bits per heavy atom. The molecule has 2 aromatic carbocycles. The van der Waals surface area contributed by atoms with E-state index in [2.05, 4.69) is 31.9 Å². The fourth-order valence-corrected chi connectivity index (χ4v) is 3.18. The van der Waals surface area contributed by atoms with E-state index in [-0.39, 0.29) is 5.69 Å². The normalized spacial score (nSPS) is 10.4. The van der Waals surface area contributed by atoms with Crippen LogP contribution in [0.2, 0.25) is 5.02 Å². The van der Waals surface area contributed by atoms with E-state index in [0.717, 1.165) is 11.1 Å². The average molecular weight is 435 g/mol. The van der Waals surface area contributed by atoms with Crippen molar-refractivity contribution in [2.75, 3.05) is 0 Å². The second kappa shape index (κ2) is 7.24. The summed E-state index contributed by atoms with van der Waals surface area (Å²) in [6, 6.07) is 10.0. The van der Waals surface area contributed by atoms with Crippen molar-refractivity contribution in [1.29, 1.82) is 0 Å². The fourth-order valence-electron chi connectivity index (χ4n) is 1.73. The molecule has 0 aromatic heterocycles. The smallest absolute Gasteiger partial charge is 0.270 e. The predicted molar refractivity (Wildman–Crippen MR) is 89.2 cm³/mol. The molecule has 0 saturated heterocycles. The molecule has 0 atom stereocenters. The van der Waals surface area contributed by atoms with E-state index in [4.69, 9.17) is 16.3 Å². The van der Waals surface area contributed by atoms with Gasteiger partial charge < -0.3 is 4.74 Å². The molecule has 0 aliphatic carbocycles. The SMILES string of the molecule is O=[N+]([O-])c1ccc(COc2cccc(Cl)c2CBr)c(Br)c1. The number of hydrogen-bond donors (Lipinski definition) is 0. The number of non-ortho nitro benzene ring substituents is 1. The van der Waals surface area contributed by atoms with E-state index in [9.17, 15) is 10.1 Å². The highest BCUT2D eigenvalue weighted by Gasteiger charge is 2.11. The summed E-state index contributed by atoms with van der Waals surface area (Å²) in [6.07, 6.45) is 0. The summed E-state index contributed by atoms with van der Waals surface area (Å²) in [7, 11) is 0. The van der Waals surface area contributed by atoms with Crippen LogP contribution in [0.3, 0.4) is 0 Å². The van der Waals surface area contributed by atoms with Crippen molar-refractivity contribution in [1.82, 2.24) is 0 Å². The van der Waals surface area contributed by atoms with Crippen LogP contribution in [0.15, 0.2) is 40.9 Å². The van der Waals surface area contributed by atoms with E-state index in [0.29, 0.717) is 27.2 Å². The first kappa shape index (κ1) is 16.3. The lowest BCUT2D eigenvalue weighted by molar-refractivity contribution is -0.384. The number of benzene rings is 2. The molecule has 0 spiro atoms. The molecule has 0 amide bonds. The molecule has 0 unspecified atom stereocenters. The van der Waals surface area contributed by atoms with Gasteiger partial charge in [0.2, 0.25) is 0 Å². The molecule has 0 bridgehead atoms. The lowest BCUT2D eigenvalue weighted by atomic mass is 10.2. The molecule has 0 N–H and O–H groups in total. The zero-order chi connectivity index (χ0) is 15.4. The number of rotatable bonds is 5. The second-order valence-corrected chi connectivity index (χ2v) is 5.99. The number of hydrogen-bond acceptors (Lipinski definition) is 3. The summed E-state index contributed by atoms with van der Waals surface area (Å²) in [4.78, 5) is 10.3. The maximum atomic E-state index is 10.7. The zero-order valence-electron chi connectivity index (χ0n) is 10.7. The van der Waals surface area contributed by atoms with Gasteiger partial charge in [-0.2, -0.15) is 0 Å². The predicted octanol–water partition coefficient (Wildman–Crippen LogP) is 5.48. The molecular weight excluding hydrogens is 425 g/mol. The Hall–Kier alpha value is -1.11. The Morgan fingerprint density at radius 2 is 2.05 bits per heavy atom. The molecule has 0 heterocycles. The standard InChI is InChI=1S/C14H10Br2ClNO3/c15-7-11-13(17)2-1-3-14(11)21-8-9-4-5-10(18(19)20)6-12(9)16/h1-6H,7-8H2. The van der Waals surface area contributed by atoms with Gasteiger partial charge >= 0.3 is 0 Å². The van der Waals surface area contributed by atoms with Crippen LogP contribution in [0, 0.1) is 10.1 Å². The van der Waals surface area contributed by atoms with Crippen molar-refractivity contribution < 1.29 is 9.66 Å². The van der Waals surface area contributed by atoms with Crippen LogP contribution < -0.4 is 4.74 Å². The second-order valence-electron chi connectivity index (χ2n) is 4.17. The van der Waals surface area contributed by atoms with Crippen LogP contribution in [0.5, 0.6) is 5.75 Å². The van der Waals surface area contributed by atoms with Crippen LogP contribution in [-0.2, 0) is 11.9 Å². The Kier molecular flexibility index (Phi) is 5.61. The largest absolute Gasteiger partial charge is 0.488 e. The monoisotopic (exact) mass is 433 g/mol. The van der Waals surface area contributed by atoms with Crippen LogP contribution in [0.4, 0.5) is 5.69 Å². The van der Waals surface area contributed by atoms with E-state index >= 15 is 0 Å². The van der Waals surface area contributed by atoms with E-state index in [1.54, 1.807) is 12.1 Å². The summed E-state index contributed by atoms with van der Waals surface area (Å²) < 4.78 is 6.40. The van der Waals surface area contributed by atoms with Gasteiger partial charge in [-0.3, -0.25) is 10.1 Å². The van der Waals surface area contributed by atoms with Crippen molar-refractivity contribution in [3.05, 3.63) is 67.1 Å². The number of halogens is 3. The molecule has 2 aromatic rings. The number of ether oxygens (including phenoxy) is 1. The highest BCUT2D eigenvalue weighted by molar-refractivity contribution is 9.10. The first-order valence-electron chi connectivity index (χ1n) is 5.92. The molecule has 0 aliphatic rings. The van der Waals surface area contributed by atoms with Gasteiger partial charge in [-0.25, -0.2) is 0 Å². The van der Waals surface area contributed by atoms with Gasteiger partial charge in [0.25, 0.3) is 5.69 Å². The Morgan fingerprint density at radius 3 is 2.67 bits per heavy atom. The third-order valence-corrected chi connectivity index (χ3v) is 4.49. The Bertz CT molecular complexity index is 679. The van der Waals surface area contributed by atoms with Crippen LogP contribution in [0.1, 0.15) is 11.1 Å². The number of alkyl halides is 1. The first-order chi connectivity index (χ1) is 10.0. The van der Waals surface area contributed by atoms with Gasteiger partial charge in [-0.05, 0) is 18.2 Å². The Balaban J connectivity index is 2.17. The van der Waals surface area contributed by atoms with Gasteiger partial charge in [0.1, 0.15) is 12.4 Å². The number of nitrogens with zero attached hydrogens (tertiary/aromatic N) is 1. The molecule has 110 valence electrons. The first-order valence-corrected chi connectivity index (χ1v) is 8.21. The summed E-state index contributed by atoms with van der Waals surface area (Å²) >= 11 is 12.8. The van der Waals surface area contributed by atoms with Crippen molar-refractivity contribution in [3.8, 4) is 5.75 Å². The fraction of sp³-hybridized carbons (Fsp3) is 0.143. The Labute approximate surface area is 143 Å². The maximum Gasteiger partial charge on any atom is 0.270 e. The third kappa shape index (κ3) is 3.96. The van der Waals surface area contributed by atoms with Crippen LogP contribution in [0.25, 0.3) is 0 Å². The minimum atomic E-state index is -0.435. The molecule has 0 saturated carbocycles. The molecule has 0 fully saturated rings. The summed E-state index contributed by atoms with van der Waals surface area (Å²) in [5, 5.41) is 11.9. The van der Waals surface area contributed by atoms with Crippen LogP contribution >= 0.6 is 43.5 Å². The molecule has 4 nitrogen and oxygen atoms in total. The van der Waals surface area contributed by atoms with E-state index < -0.39 is 4.92 Å². The molecule has 2 rings (SSSR count). The third-order valence-electron chi connectivity index (χ3n) is 2.84. The maximum absolute atomic E-state index is 10.7. The average Bonchev–Trinajstić information content (AvgIpc) is 2.45. The molecule has 21 heavy (non-hydrogen) atoms. The van der Waals surface area contributed by atoms with Crippen molar-refractivity contribution in [2.24, 2.45) is 0 Å². The minimum absolute atomic E-state index is 0.0366. The molecular formula is C14H10Br2ClNO3. The zero-order valence-corrected chi connectivity index (χ0v) is 14.6. The molecule has 0 aliphatic heterocycles. The van der Waals surface area contributed by atoms with E-state index in [1.807, 2.05) is 12.1 Å². The van der Waals surface area contributed by atoms with Gasteiger partial charge in [-0.1, -0.05) is 49.5 Å². The molecule has 7 heteroatoms. The van der Waals surface area contributed by atoms with Crippen molar-refractivity contribution in [2.45, 2.75) is 11.9 Å². The van der Waals surface area contributed by atoms with Gasteiger partial charge in [0.05, 0.1) is 4.92 Å². The lowest BCUT2D eigenvalue weighted by Gasteiger charge is -2.12. The topological polar surface area (TPSA) is 52.4 Å². The van der Waals surface area contributed by atoms with Crippen molar-refractivity contribution >= 4 is 49.1 Å². The summed E-state index contributed by atoms with van der Waals surface area (Å²) in [5.74, 6) is 0.685. The summed E-state index contributed by atoms with van der Waals surface area (Å²) in [5.41, 5.74) is 1.73.